The Morgan fingerprint density at radius 1 is 1.13 bits per heavy atom. The van der Waals surface area contributed by atoms with Gasteiger partial charge in [-0.25, -0.2) is 10.9 Å². The van der Waals surface area contributed by atoms with Gasteiger partial charge < -0.3 is 4.74 Å². The largest absolute Gasteiger partial charge is 0.494 e. The molecule has 15 heavy (non-hydrogen) atoms. The van der Waals surface area contributed by atoms with Crippen LogP contribution in [0.2, 0.25) is 0 Å². The molecule has 1 aromatic carbocycles. The van der Waals surface area contributed by atoms with Crippen LogP contribution in [0.5, 0.6) is 5.75 Å². The third kappa shape index (κ3) is 4.61. The lowest BCUT2D eigenvalue weighted by Crippen LogP contribution is -2.01. The van der Waals surface area contributed by atoms with Gasteiger partial charge in [0.2, 0.25) is 0 Å². The molecule has 0 unspecified atom stereocenters. The Morgan fingerprint density at radius 2 is 1.73 bits per heavy atom. The standard InChI is InChI=1S/C13H22OS/c1-11(2)9-10-14-12-5-7-13(8-6-12)15(3)4/h5-8,11,15H,9-10H2,1-4H3. The molecule has 0 bridgehead atoms. The van der Waals surface area contributed by atoms with Crippen molar-refractivity contribution in [3.63, 3.8) is 0 Å². The van der Waals surface area contributed by atoms with Crippen molar-refractivity contribution in [1.29, 1.82) is 0 Å². The maximum Gasteiger partial charge on any atom is 0.119 e. The topological polar surface area (TPSA) is 9.23 Å². The number of thiol groups is 1. The van der Waals surface area contributed by atoms with Crippen molar-refractivity contribution in [2.45, 2.75) is 25.2 Å². The van der Waals surface area contributed by atoms with Gasteiger partial charge in [-0.1, -0.05) is 13.8 Å². The highest BCUT2D eigenvalue weighted by Gasteiger charge is 1.98. The molecule has 0 amide bonds. The van der Waals surface area contributed by atoms with Gasteiger partial charge in [0.15, 0.2) is 0 Å². The van der Waals surface area contributed by atoms with Crippen molar-refractivity contribution in [1.82, 2.24) is 0 Å². The molecule has 0 saturated heterocycles. The fourth-order valence-electron chi connectivity index (χ4n) is 1.25. The molecule has 2 heteroatoms. The van der Waals surface area contributed by atoms with Crippen LogP contribution in [0, 0.1) is 5.92 Å². The SMILES string of the molecule is CC(C)CCOc1ccc([SH](C)C)cc1. The smallest absolute Gasteiger partial charge is 0.119 e. The summed E-state index contributed by atoms with van der Waals surface area (Å²) in [6.07, 6.45) is 5.66. The average molecular weight is 226 g/mol. The minimum atomic E-state index is 0.0133. The lowest BCUT2D eigenvalue weighted by Gasteiger charge is -2.11. The predicted molar refractivity (Wildman–Crippen MR) is 70.5 cm³/mol. The van der Waals surface area contributed by atoms with Gasteiger partial charge in [-0.3, -0.25) is 0 Å². The van der Waals surface area contributed by atoms with Gasteiger partial charge in [-0.05, 0) is 54.0 Å². The molecule has 0 aliphatic heterocycles. The van der Waals surface area contributed by atoms with Crippen LogP contribution in [-0.2, 0) is 0 Å². The number of benzene rings is 1. The van der Waals surface area contributed by atoms with Gasteiger partial charge in [-0.2, -0.15) is 0 Å². The van der Waals surface area contributed by atoms with E-state index in [0.717, 1.165) is 18.8 Å². The number of hydrogen-bond donors (Lipinski definition) is 1. The molecule has 0 spiro atoms. The van der Waals surface area contributed by atoms with Crippen molar-refractivity contribution in [2.24, 2.45) is 5.92 Å². The Morgan fingerprint density at radius 3 is 2.20 bits per heavy atom. The summed E-state index contributed by atoms with van der Waals surface area (Å²) < 4.78 is 5.66. The first-order valence-electron chi connectivity index (χ1n) is 5.50. The third-order valence-corrected chi connectivity index (χ3v) is 3.65. The van der Waals surface area contributed by atoms with Crippen molar-refractivity contribution < 1.29 is 4.74 Å². The van der Waals surface area contributed by atoms with E-state index < -0.39 is 0 Å². The van der Waals surface area contributed by atoms with E-state index in [2.05, 4.69) is 50.6 Å². The van der Waals surface area contributed by atoms with Crippen LogP contribution < -0.4 is 4.74 Å². The Bertz CT molecular complexity index is 277. The summed E-state index contributed by atoms with van der Waals surface area (Å²) in [6, 6.07) is 8.52. The van der Waals surface area contributed by atoms with E-state index in [1.807, 2.05) is 0 Å². The van der Waals surface area contributed by atoms with E-state index in [-0.39, 0.29) is 10.9 Å². The summed E-state index contributed by atoms with van der Waals surface area (Å²) in [7, 11) is 0.0133. The van der Waals surface area contributed by atoms with E-state index in [9.17, 15) is 0 Å². The van der Waals surface area contributed by atoms with E-state index in [1.165, 1.54) is 4.90 Å². The molecular weight excluding hydrogens is 204 g/mol. The van der Waals surface area contributed by atoms with Gasteiger partial charge in [-0.15, -0.1) is 0 Å². The molecule has 1 rings (SSSR count). The zero-order valence-electron chi connectivity index (χ0n) is 10.2. The van der Waals surface area contributed by atoms with Gasteiger partial charge in [0.25, 0.3) is 0 Å². The average Bonchev–Trinajstić information content (AvgIpc) is 2.18. The van der Waals surface area contributed by atoms with Gasteiger partial charge in [0, 0.05) is 0 Å². The Kier molecular flexibility index (Phi) is 5.03. The summed E-state index contributed by atoms with van der Waals surface area (Å²) in [5.41, 5.74) is 0. The Hall–Kier alpha value is -0.630. The predicted octanol–water partition coefficient (Wildman–Crippen LogP) is 3.73. The molecule has 1 nitrogen and oxygen atoms in total. The Balaban J connectivity index is 2.43. The van der Waals surface area contributed by atoms with Gasteiger partial charge >= 0.3 is 0 Å². The molecule has 0 saturated carbocycles. The maximum absolute atomic E-state index is 5.66. The highest BCUT2D eigenvalue weighted by Crippen LogP contribution is 2.29. The van der Waals surface area contributed by atoms with E-state index in [1.54, 1.807) is 0 Å². The van der Waals surface area contributed by atoms with Crippen molar-refractivity contribution in [2.75, 3.05) is 19.1 Å². The van der Waals surface area contributed by atoms with Crippen LogP contribution in [0.25, 0.3) is 0 Å². The molecular formula is C13H22OS. The van der Waals surface area contributed by atoms with Crippen molar-refractivity contribution >= 4 is 10.9 Å². The van der Waals surface area contributed by atoms with E-state index >= 15 is 0 Å². The fraction of sp³-hybridized carbons (Fsp3) is 0.538. The zero-order valence-corrected chi connectivity index (χ0v) is 11.1. The highest BCUT2D eigenvalue weighted by molar-refractivity contribution is 8.15. The zero-order chi connectivity index (χ0) is 11.3. The third-order valence-electron chi connectivity index (χ3n) is 2.32. The minimum Gasteiger partial charge on any atom is -0.494 e. The number of rotatable bonds is 5. The van der Waals surface area contributed by atoms with Crippen molar-refractivity contribution in [3.8, 4) is 5.75 Å². The summed E-state index contributed by atoms with van der Waals surface area (Å²) >= 11 is 0. The van der Waals surface area contributed by atoms with Crippen LogP contribution in [0.3, 0.4) is 0 Å². The molecule has 0 aliphatic carbocycles. The summed E-state index contributed by atoms with van der Waals surface area (Å²) in [4.78, 5) is 1.43. The second-order valence-corrected chi connectivity index (χ2v) is 6.72. The van der Waals surface area contributed by atoms with E-state index in [4.69, 9.17) is 4.74 Å². The van der Waals surface area contributed by atoms with Crippen LogP contribution in [-0.4, -0.2) is 19.1 Å². The van der Waals surface area contributed by atoms with Crippen LogP contribution >= 0.6 is 10.9 Å². The fourth-order valence-corrected chi connectivity index (χ4v) is 2.00. The molecule has 0 aliphatic rings. The molecule has 0 radical (unpaired) electrons. The molecule has 0 N–H and O–H groups in total. The minimum absolute atomic E-state index is 0.0133. The number of ether oxygens (including phenoxy) is 1. The second kappa shape index (κ2) is 6.06. The monoisotopic (exact) mass is 226 g/mol. The van der Waals surface area contributed by atoms with E-state index in [0.29, 0.717) is 5.92 Å². The molecule has 1 aromatic rings. The van der Waals surface area contributed by atoms with Crippen LogP contribution in [0.15, 0.2) is 29.2 Å². The molecule has 0 heterocycles. The lowest BCUT2D eigenvalue weighted by atomic mass is 10.1. The summed E-state index contributed by atoms with van der Waals surface area (Å²) in [5.74, 6) is 1.71. The van der Waals surface area contributed by atoms with Crippen LogP contribution in [0.4, 0.5) is 0 Å². The maximum atomic E-state index is 5.66. The van der Waals surface area contributed by atoms with Gasteiger partial charge in [0.05, 0.1) is 6.61 Å². The molecule has 0 fully saturated rings. The normalized spacial score (nSPS) is 11.7. The second-order valence-electron chi connectivity index (χ2n) is 4.42. The first-order chi connectivity index (χ1) is 7.09. The van der Waals surface area contributed by atoms with Crippen molar-refractivity contribution in [3.05, 3.63) is 24.3 Å². The summed E-state index contributed by atoms with van der Waals surface area (Å²) in [6.45, 7) is 5.26. The highest BCUT2D eigenvalue weighted by atomic mass is 32.2. The molecule has 86 valence electrons. The first-order valence-corrected chi connectivity index (χ1v) is 7.73. The Labute approximate surface area is 96.2 Å². The van der Waals surface area contributed by atoms with Crippen LogP contribution in [0.1, 0.15) is 20.3 Å². The molecule has 0 atom stereocenters. The van der Waals surface area contributed by atoms with Gasteiger partial charge in [0.1, 0.15) is 5.75 Å². The lowest BCUT2D eigenvalue weighted by molar-refractivity contribution is 0.289. The summed E-state index contributed by atoms with van der Waals surface area (Å²) in [5, 5.41) is 0. The molecule has 0 aromatic heterocycles. The first kappa shape index (κ1) is 12.4. The quantitative estimate of drug-likeness (QED) is 0.753. The number of hydrogen-bond acceptors (Lipinski definition) is 1.